The fourth-order valence-corrected chi connectivity index (χ4v) is 5.99. The van der Waals surface area contributed by atoms with Crippen molar-refractivity contribution in [2.24, 2.45) is 0 Å². The lowest BCUT2D eigenvalue weighted by atomic mass is 10.1. The van der Waals surface area contributed by atoms with E-state index in [2.05, 4.69) is 9.97 Å². The maximum Gasteiger partial charge on any atom is 0.416 e. The molecule has 0 unspecified atom stereocenters. The highest BCUT2D eigenvalue weighted by molar-refractivity contribution is 7.92. The summed E-state index contributed by atoms with van der Waals surface area (Å²) in [5.74, 6) is -0.868. The van der Waals surface area contributed by atoms with Crippen molar-refractivity contribution in [1.82, 2.24) is 9.97 Å². The van der Waals surface area contributed by atoms with Crippen LogP contribution in [0.1, 0.15) is 28.4 Å². The zero-order valence-corrected chi connectivity index (χ0v) is 23.1. The van der Waals surface area contributed by atoms with Gasteiger partial charge in [-0.3, -0.25) is 14.3 Å². The summed E-state index contributed by atoms with van der Waals surface area (Å²) in [4.78, 5) is 21.1. The summed E-state index contributed by atoms with van der Waals surface area (Å²) in [7, 11) is -4.40. The van der Waals surface area contributed by atoms with E-state index in [9.17, 15) is 26.4 Å². The largest absolute Gasteiger partial charge is 0.462 e. The Morgan fingerprint density at radius 3 is 2.26 bits per heavy atom. The summed E-state index contributed by atoms with van der Waals surface area (Å²) < 4.78 is 75.4. The molecule has 0 radical (unpaired) electrons. The van der Waals surface area contributed by atoms with E-state index in [4.69, 9.17) is 4.74 Å². The highest BCUT2D eigenvalue weighted by Gasteiger charge is 2.34. The number of pyridine rings is 2. The van der Waals surface area contributed by atoms with Crippen molar-refractivity contribution in [2.75, 3.05) is 10.9 Å². The van der Waals surface area contributed by atoms with Crippen LogP contribution in [-0.4, -0.2) is 31.0 Å². The van der Waals surface area contributed by atoms with Gasteiger partial charge in [-0.25, -0.2) is 13.2 Å². The van der Waals surface area contributed by atoms with Gasteiger partial charge in [0.05, 0.1) is 34.8 Å². The summed E-state index contributed by atoms with van der Waals surface area (Å²) in [6, 6.07) is 21.7. The van der Waals surface area contributed by atoms with E-state index in [1.165, 1.54) is 24.5 Å². The van der Waals surface area contributed by atoms with E-state index >= 15 is 0 Å². The van der Waals surface area contributed by atoms with E-state index in [-0.39, 0.29) is 40.2 Å². The summed E-state index contributed by atoms with van der Waals surface area (Å²) in [5.41, 5.74) is 0.692. The number of carbonyl (C=O) groups is 1. The number of aromatic nitrogens is 2. The number of esters is 1. The molecule has 2 aromatic heterocycles. The molecular weight excluding hydrogens is 567 g/mol. The number of fused-ring (bicyclic) bond motifs is 1. The third kappa shape index (κ3) is 5.82. The second-order valence-electron chi connectivity index (χ2n) is 9.23. The fourth-order valence-electron chi connectivity index (χ4n) is 4.50. The predicted octanol–water partition coefficient (Wildman–Crippen LogP) is 6.89. The Kier molecular flexibility index (Phi) is 7.95. The maximum absolute atomic E-state index is 14.3. The number of benzene rings is 3. The number of alkyl halides is 3. The Labute approximate surface area is 240 Å². The smallest absolute Gasteiger partial charge is 0.416 e. The van der Waals surface area contributed by atoms with Gasteiger partial charge in [0, 0.05) is 24.0 Å². The number of sulfonamides is 1. The molecule has 5 rings (SSSR count). The van der Waals surface area contributed by atoms with Crippen LogP contribution >= 0.6 is 0 Å². The van der Waals surface area contributed by atoms with Crippen molar-refractivity contribution >= 4 is 32.6 Å². The van der Waals surface area contributed by atoms with E-state index in [0.717, 1.165) is 39.8 Å². The molecule has 0 spiro atoms. The van der Waals surface area contributed by atoms with Gasteiger partial charge in [0.25, 0.3) is 10.0 Å². The summed E-state index contributed by atoms with van der Waals surface area (Å²) in [5, 5.41) is 0.0296. The number of hydrogen-bond donors (Lipinski definition) is 0. The molecule has 0 N–H and O–H groups in total. The molecule has 0 aliphatic carbocycles. The molecule has 7 nitrogen and oxygen atoms in total. The lowest BCUT2D eigenvalue weighted by Crippen LogP contribution is -2.32. The number of anilines is 1. The Morgan fingerprint density at radius 2 is 1.62 bits per heavy atom. The molecule has 0 fully saturated rings. The monoisotopic (exact) mass is 591 g/mol. The van der Waals surface area contributed by atoms with Crippen molar-refractivity contribution in [3.63, 3.8) is 0 Å². The first-order valence-electron chi connectivity index (χ1n) is 12.8. The fraction of sp³-hybridized carbons (Fsp3) is 0.129. The molecule has 0 amide bonds. The normalized spacial score (nSPS) is 11.8. The van der Waals surface area contributed by atoms with Gasteiger partial charge in [-0.1, -0.05) is 54.6 Å². The molecule has 0 aliphatic heterocycles. The Morgan fingerprint density at radius 1 is 0.905 bits per heavy atom. The quantitative estimate of drug-likeness (QED) is 0.183. The van der Waals surface area contributed by atoms with Crippen molar-refractivity contribution in [3.8, 4) is 11.1 Å². The molecule has 0 aliphatic rings. The topological polar surface area (TPSA) is 89.5 Å². The van der Waals surface area contributed by atoms with Crippen LogP contribution in [0.25, 0.3) is 22.0 Å². The van der Waals surface area contributed by atoms with Gasteiger partial charge in [-0.15, -0.1) is 0 Å². The van der Waals surface area contributed by atoms with Gasteiger partial charge in [-0.05, 0) is 53.9 Å². The van der Waals surface area contributed by atoms with E-state index < -0.39 is 27.7 Å². The first-order valence-corrected chi connectivity index (χ1v) is 14.3. The molecule has 214 valence electrons. The molecule has 0 saturated carbocycles. The first kappa shape index (κ1) is 28.7. The van der Waals surface area contributed by atoms with Crippen LogP contribution in [0.15, 0.2) is 108 Å². The van der Waals surface area contributed by atoms with Crippen LogP contribution in [0.5, 0.6) is 0 Å². The van der Waals surface area contributed by atoms with Crippen molar-refractivity contribution in [3.05, 3.63) is 120 Å². The molecular formula is C31H24F3N3O4S. The van der Waals surface area contributed by atoms with Crippen LogP contribution in [-0.2, 0) is 27.5 Å². The molecule has 2 heterocycles. The number of nitrogens with zero attached hydrogens (tertiary/aromatic N) is 3. The number of hydrogen-bond acceptors (Lipinski definition) is 6. The second kappa shape index (κ2) is 11.6. The minimum Gasteiger partial charge on any atom is -0.462 e. The Bertz CT molecular complexity index is 1830. The molecule has 0 bridgehead atoms. The average molecular weight is 592 g/mol. The lowest BCUT2D eigenvalue weighted by Gasteiger charge is -2.27. The molecule has 42 heavy (non-hydrogen) atoms. The zero-order chi connectivity index (χ0) is 29.9. The average Bonchev–Trinajstić information content (AvgIpc) is 3.00. The van der Waals surface area contributed by atoms with E-state index in [0.29, 0.717) is 5.56 Å². The van der Waals surface area contributed by atoms with Crippen LogP contribution in [0.4, 0.5) is 18.9 Å². The van der Waals surface area contributed by atoms with Gasteiger partial charge in [0.1, 0.15) is 5.56 Å². The second-order valence-corrected chi connectivity index (χ2v) is 11.1. The van der Waals surface area contributed by atoms with Gasteiger partial charge < -0.3 is 4.74 Å². The Balaban J connectivity index is 1.73. The number of rotatable bonds is 8. The third-order valence-corrected chi connectivity index (χ3v) is 8.27. The minimum absolute atomic E-state index is 0.0143. The number of halogens is 3. The first-order chi connectivity index (χ1) is 20.1. The highest BCUT2D eigenvalue weighted by atomic mass is 32.2. The van der Waals surface area contributed by atoms with Crippen LogP contribution in [0.3, 0.4) is 0 Å². The Hall–Kier alpha value is -4.77. The van der Waals surface area contributed by atoms with Gasteiger partial charge >= 0.3 is 12.1 Å². The van der Waals surface area contributed by atoms with Crippen molar-refractivity contribution in [1.29, 1.82) is 0 Å². The summed E-state index contributed by atoms with van der Waals surface area (Å²) in [6.45, 7) is 1.29. The minimum atomic E-state index is -4.65. The highest BCUT2D eigenvalue weighted by Crippen LogP contribution is 2.38. The molecule has 0 saturated heterocycles. The molecule has 5 aromatic rings. The van der Waals surface area contributed by atoms with Gasteiger partial charge in [-0.2, -0.15) is 13.2 Å². The van der Waals surface area contributed by atoms with Gasteiger partial charge in [0.2, 0.25) is 0 Å². The maximum atomic E-state index is 14.3. The van der Waals surface area contributed by atoms with E-state index in [1.54, 1.807) is 31.2 Å². The zero-order valence-electron chi connectivity index (χ0n) is 22.2. The predicted molar refractivity (Wildman–Crippen MR) is 152 cm³/mol. The molecule has 3 aromatic carbocycles. The molecule has 0 atom stereocenters. The molecule has 11 heteroatoms. The number of carbonyl (C=O) groups excluding carboxylic acids is 1. The standard InChI is InChI=1S/C31H24F3N3O4S/c1-2-41-30(38)27-19-36-28-17-24(31(32,33)34)12-15-26(28)29(27)37(20-21-7-6-16-35-18-21)42(39,40)25-13-10-23(11-14-25)22-8-4-3-5-9-22/h3-19H,2,20H2,1H3. The van der Waals surface area contributed by atoms with Crippen LogP contribution in [0.2, 0.25) is 0 Å². The third-order valence-electron chi connectivity index (χ3n) is 6.51. The van der Waals surface area contributed by atoms with Crippen LogP contribution in [0, 0.1) is 0 Å². The van der Waals surface area contributed by atoms with Crippen molar-refractivity contribution in [2.45, 2.75) is 24.5 Å². The number of ether oxygens (including phenoxy) is 1. The van der Waals surface area contributed by atoms with E-state index in [1.807, 2.05) is 30.3 Å². The summed E-state index contributed by atoms with van der Waals surface area (Å²) in [6.07, 6.45) is -0.622. The summed E-state index contributed by atoms with van der Waals surface area (Å²) >= 11 is 0. The van der Waals surface area contributed by atoms with Gasteiger partial charge in [0.15, 0.2) is 0 Å². The van der Waals surface area contributed by atoms with Crippen LogP contribution < -0.4 is 4.31 Å². The lowest BCUT2D eigenvalue weighted by molar-refractivity contribution is -0.137. The van der Waals surface area contributed by atoms with Crippen molar-refractivity contribution < 1.29 is 31.1 Å². The SMILES string of the molecule is CCOC(=O)c1cnc2cc(C(F)(F)F)ccc2c1N(Cc1cccnc1)S(=O)(=O)c1ccc(-c2ccccc2)cc1.